The van der Waals surface area contributed by atoms with Crippen molar-refractivity contribution in [1.82, 2.24) is 5.32 Å². The van der Waals surface area contributed by atoms with E-state index in [4.69, 9.17) is 14.7 Å². The van der Waals surface area contributed by atoms with Crippen LogP contribution < -0.4 is 14.8 Å². The maximum absolute atomic E-state index is 8.93. The first-order valence-corrected chi connectivity index (χ1v) is 7.38. The maximum atomic E-state index is 8.93. The largest absolute Gasteiger partial charge is 0.486 e. The highest BCUT2D eigenvalue weighted by molar-refractivity contribution is 5.85. The van der Waals surface area contributed by atoms with Crippen molar-refractivity contribution in [2.75, 3.05) is 13.2 Å². The molecule has 1 atom stereocenters. The minimum Gasteiger partial charge on any atom is -0.486 e. The number of hydrogen-bond donors (Lipinski definition) is 1. The van der Waals surface area contributed by atoms with Crippen LogP contribution in [0.15, 0.2) is 42.5 Å². The van der Waals surface area contributed by atoms with E-state index in [2.05, 4.69) is 24.4 Å². The summed E-state index contributed by atoms with van der Waals surface area (Å²) in [7, 11) is 0. The number of benzene rings is 2. The average molecular weight is 331 g/mol. The zero-order valence-corrected chi connectivity index (χ0v) is 13.7. The molecule has 0 spiro atoms. The van der Waals surface area contributed by atoms with E-state index in [1.165, 1.54) is 0 Å². The van der Waals surface area contributed by atoms with Crippen molar-refractivity contribution in [3.05, 3.63) is 59.2 Å². The van der Waals surface area contributed by atoms with Crippen molar-refractivity contribution >= 4 is 12.4 Å². The summed E-state index contributed by atoms with van der Waals surface area (Å²) in [6.07, 6.45) is 0. The maximum Gasteiger partial charge on any atom is 0.161 e. The third-order valence-corrected chi connectivity index (χ3v) is 3.73. The van der Waals surface area contributed by atoms with Crippen LogP contribution in [0.2, 0.25) is 0 Å². The lowest BCUT2D eigenvalue weighted by Crippen LogP contribution is -2.19. The van der Waals surface area contributed by atoms with Crippen molar-refractivity contribution in [1.29, 1.82) is 5.26 Å². The van der Waals surface area contributed by atoms with Crippen LogP contribution >= 0.6 is 12.4 Å². The molecule has 2 aromatic rings. The van der Waals surface area contributed by atoms with Crippen molar-refractivity contribution in [3.8, 4) is 17.6 Å². The molecule has 0 saturated carbocycles. The Balaban J connectivity index is 0.00000192. The SMILES string of the molecule is CC(NCc1cccc(C#N)c1)c1ccc2c(c1)OCCO2.Cl. The summed E-state index contributed by atoms with van der Waals surface area (Å²) >= 11 is 0. The number of fused-ring (bicyclic) bond motifs is 1. The highest BCUT2D eigenvalue weighted by Crippen LogP contribution is 2.32. The predicted molar refractivity (Wildman–Crippen MR) is 91.1 cm³/mol. The van der Waals surface area contributed by atoms with Gasteiger partial charge in [-0.25, -0.2) is 0 Å². The van der Waals surface area contributed by atoms with Gasteiger partial charge in [0.05, 0.1) is 11.6 Å². The Bertz CT molecular complexity index is 712. The summed E-state index contributed by atoms with van der Waals surface area (Å²) < 4.78 is 11.2. The van der Waals surface area contributed by atoms with Gasteiger partial charge in [-0.3, -0.25) is 0 Å². The Morgan fingerprint density at radius 1 is 1.13 bits per heavy atom. The molecule has 3 rings (SSSR count). The molecule has 1 heterocycles. The van der Waals surface area contributed by atoms with Gasteiger partial charge in [-0.1, -0.05) is 18.2 Å². The number of halogens is 1. The van der Waals surface area contributed by atoms with E-state index in [0.717, 1.165) is 22.6 Å². The Morgan fingerprint density at radius 3 is 2.70 bits per heavy atom. The van der Waals surface area contributed by atoms with Crippen LogP contribution in [-0.4, -0.2) is 13.2 Å². The van der Waals surface area contributed by atoms with E-state index in [9.17, 15) is 0 Å². The zero-order valence-electron chi connectivity index (χ0n) is 12.9. The summed E-state index contributed by atoms with van der Waals surface area (Å²) in [5.41, 5.74) is 2.94. The topological polar surface area (TPSA) is 54.3 Å². The van der Waals surface area contributed by atoms with Gasteiger partial charge in [0.25, 0.3) is 0 Å². The second-order valence-corrected chi connectivity index (χ2v) is 5.32. The van der Waals surface area contributed by atoms with Gasteiger partial charge in [0.1, 0.15) is 13.2 Å². The summed E-state index contributed by atoms with van der Waals surface area (Å²) in [6, 6.07) is 16.0. The third-order valence-electron chi connectivity index (χ3n) is 3.73. The molecule has 0 amide bonds. The number of rotatable bonds is 4. The predicted octanol–water partition coefficient (Wildman–Crippen LogP) is 3.60. The lowest BCUT2D eigenvalue weighted by atomic mass is 10.1. The summed E-state index contributed by atoms with van der Waals surface area (Å²) in [5.74, 6) is 1.62. The molecule has 0 aliphatic carbocycles. The number of nitriles is 1. The van der Waals surface area contributed by atoms with Gasteiger partial charge >= 0.3 is 0 Å². The van der Waals surface area contributed by atoms with E-state index < -0.39 is 0 Å². The highest BCUT2D eigenvalue weighted by atomic mass is 35.5. The summed E-state index contributed by atoms with van der Waals surface area (Å²) in [6.45, 7) is 4.03. The van der Waals surface area contributed by atoms with Gasteiger partial charge in [0, 0.05) is 12.6 Å². The van der Waals surface area contributed by atoms with Crippen molar-refractivity contribution < 1.29 is 9.47 Å². The van der Waals surface area contributed by atoms with Gasteiger partial charge in [-0.15, -0.1) is 12.4 Å². The normalized spacial score (nSPS) is 13.6. The van der Waals surface area contributed by atoms with Gasteiger partial charge < -0.3 is 14.8 Å². The van der Waals surface area contributed by atoms with E-state index in [1.807, 2.05) is 36.4 Å². The average Bonchev–Trinajstić information content (AvgIpc) is 2.59. The van der Waals surface area contributed by atoms with E-state index in [0.29, 0.717) is 25.3 Å². The quantitative estimate of drug-likeness (QED) is 0.930. The molecule has 1 aliphatic heterocycles. The second kappa shape index (κ2) is 7.87. The summed E-state index contributed by atoms with van der Waals surface area (Å²) in [4.78, 5) is 0. The Morgan fingerprint density at radius 2 is 1.91 bits per heavy atom. The minimum absolute atomic E-state index is 0. The second-order valence-electron chi connectivity index (χ2n) is 5.32. The molecule has 0 fully saturated rings. The Hall–Kier alpha value is -2.22. The zero-order chi connectivity index (χ0) is 15.4. The molecule has 0 aromatic heterocycles. The molecule has 120 valence electrons. The monoisotopic (exact) mass is 330 g/mol. The molecule has 0 radical (unpaired) electrons. The lowest BCUT2D eigenvalue weighted by molar-refractivity contribution is 0.171. The first-order valence-electron chi connectivity index (χ1n) is 7.38. The van der Waals surface area contributed by atoms with Crippen molar-refractivity contribution in [2.24, 2.45) is 0 Å². The van der Waals surface area contributed by atoms with Crippen LogP contribution in [0.3, 0.4) is 0 Å². The first kappa shape index (κ1) is 17.1. The number of ether oxygens (including phenoxy) is 2. The van der Waals surface area contributed by atoms with Gasteiger partial charge in [0.15, 0.2) is 11.5 Å². The fraction of sp³-hybridized carbons (Fsp3) is 0.278. The first-order chi connectivity index (χ1) is 10.8. The van der Waals surface area contributed by atoms with Crippen LogP contribution in [0.25, 0.3) is 0 Å². The van der Waals surface area contributed by atoms with Crippen molar-refractivity contribution in [2.45, 2.75) is 19.5 Å². The molecular weight excluding hydrogens is 312 g/mol. The lowest BCUT2D eigenvalue weighted by Gasteiger charge is -2.21. The number of hydrogen-bond acceptors (Lipinski definition) is 4. The molecule has 5 heteroatoms. The summed E-state index contributed by atoms with van der Waals surface area (Å²) in [5, 5.41) is 12.4. The molecule has 2 aromatic carbocycles. The molecule has 1 N–H and O–H groups in total. The fourth-order valence-corrected chi connectivity index (χ4v) is 2.47. The van der Waals surface area contributed by atoms with Gasteiger partial charge in [-0.2, -0.15) is 5.26 Å². The van der Waals surface area contributed by atoms with Crippen LogP contribution in [0.5, 0.6) is 11.5 Å². The molecular formula is C18H19ClN2O2. The molecule has 0 saturated heterocycles. The highest BCUT2D eigenvalue weighted by Gasteiger charge is 2.14. The standard InChI is InChI=1S/C18H18N2O2.ClH/c1-13(20-12-15-4-2-3-14(9-15)11-19)16-5-6-17-18(10-16)22-8-7-21-17;/h2-6,9-10,13,20H,7-8,12H2,1H3;1H. The molecule has 1 unspecified atom stereocenters. The smallest absolute Gasteiger partial charge is 0.161 e. The Kier molecular flexibility index (Phi) is 5.86. The Labute approximate surface area is 142 Å². The van der Waals surface area contributed by atoms with Gasteiger partial charge in [0.2, 0.25) is 0 Å². The van der Waals surface area contributed by atoms with E-state index in [-0.39, 0.29) is 18.4 Å². The molecule has 1 aliphatic rings. The van der Waals surface area contributed by atoms with Gasteiger partial charge in [-0.05, 0) is 42.3 Å². The van der Waals surface area contributed by atoms with Crippen LogP contribution in [0, 0.1) is 11.3 Å². The van der Waals surface area contributed by atoms with Crippen molar-refractivity contribution in [3.63, 3.8) is 0 Å². The van der Waals surface area contributed by atoms with Crippen LogP contribution in [-0.2, 0) is 6.54 Å². The van der Waals surface area contributed by atoms with Crippen LogP contribution in [0.1, 0.15) is 29.7 Å². The van der Waals surface area contributed by atoms with Crippen LogP contribution in [0.4, 0.5) is 0 Å². The van der Waals surface area contributed by atoms with E-state index >= 15 is 0 Å². The molecule has 0 bridgehead atoms. The molecule has 4 nitrogen and oxygen atoms in total. The third kappa shape index (κ3) is 4.16. The minimum atomic E-state index is 0. The fourth-order valence-electron chi connectivity index (χ4n) is 2.47. The van der Waals surface area contributed by atoms with E-state index in [1.54, 1.807) is 0 Å². The molecule has 23 heavy (non-hydrogen) atoms. The number of nitrogens with one attached hydrogen (secondary N) is 1. The number of nitrogens with zero attached hydrogens (tertiary/aromatic N) is 1.